The molecular formula is C12H9ClN2O5. The lowest BCUT2D eigenvalue weighted by Gasteiger charge is -2.22. The van der Waals surface area contributed by atoms with Crippen molar-refractivity contribution in [2.24, 2.45) is 0 Å². The van der Waals surface area contributed by atoms with Gasteiger partial charge in [0.25, 0.3) is 5.15 Å². The summed E-state index contributed by atoms with van der Waals surface area (Å²) in [6.45, 7) is 0. The molecule has 0 bridgehead atoms. The molecule has 0 amide bonds. The maximum absolute atomic E-state index is 11.5. The van der Waals surface area contributed by atoms with E-state index in [2.05, 4.69) is 5.32 Å². The Morgan fingerprint density at radius 3 is 2.30 bits per heavy atom. The summed E-state index contributed by atoms with van der Waals surface area (Å²) in [7, 11) is 0. The Hall–Kier alpha value is -2.54. The smallest absolute Gasteiger partial charge is 0.334 e. The van der Waals surface area contributed by atoms with Crippen molar-refractivity contribution >= 4 is 23.5 Å². The van der Waals surface area contributed by atoms with Crippen molar-refractivity contribution in [3.63, 3.8) is 0 Å². The van der Waals surface area contributed by atoms with Crippen molar-refractivity contribution < 1.29 is 24.5 Å². The number of nitrogens with zero attached hydrogens (tertiary/aromatic N) is 1. The van der Waals surface area contributed by atoms with Gasteiger partial charge in [0.15, 0.2) is 6.20 Å². The number of carbonyl (C=O) groups is 2. The highest BCUT2D eigenvalue weighted by Gasteiger charge is 2.35. The molecule has 0 saturated carbocycles. The highest BCUT2D eigenvalue weighted by molar-refractivity contribution is 6.29. The van der Waals surface area contributed by atoms with Crippen molar-refractivity contribution in [2.45, 2.75) is 5.92 Å². The summed E-state index contributed by atoms with van der Waals surface area (Å²) < 4.78 is 0.345. The minimum atomic E-state index is -1.30. The normalized spacial score (nSPS) is 15.1. The maximum Gasteiger partial charge on any atom is 0.334 e. The van der Waals surface area contributed by atoms with E-state index in [0.29, 0.717) is 4.73 Å². The van der Waals surface area contributed by atoms with Crippen LogP contribution in [0.3, 0.4) is 0 Å². The van der Waals surface area contributed by atoms with Crippen LogP contribution in [0.15, 0.2) is 41.9 Å². The molecule has 0 atom stereocenters. The van der Waals surface area contributed by atoms with Gasteiger partial charge in [-0.1, -0.05) is 0 Å². The van der Waals surface area contributed by atoms with E-state index >= 15 is 0 Å². The second-order valence-corrected chi connectivity index (χ2v) is 4.35. The van der Waals surface area contributed by atoms with E-state index in [1.165, 1.54) is 12.1 Å². The number of hydrogen-bond acceptors (Lipinski definition) is 4. The molecule has 1 aromatic rings. The van der Waals surface area contributed by atoms with E-state index in [0.717, 1.165) is 18.6 Å². The molecule has 2 heterocycles. The van der Waals surface area contributed by atoms with Gasteiger partial charge in [0.2, 0.25) is 0 Å². The summed E-state index contributed by atoms with van der Waals surface area (Å²) in [6, 6.07) is 2.79. The predicted molar refractivity (Wildman–Crippen MR) is 67.7 cm³/mol. The molecule has 0 aliphatic carbocycles. The van der Waals surface area contributed by atoms with Crippen LogP contribution < -0.4 is 10.0 Å². The van der Waals surface area contributed by atoms with Crippen LogP contribution in [0.5, 0.6) is 0 Å². The van der Waals surface area contributed by atoms with Crippen molar-refractivity contribution in [3.8, 4) is 0 Å². The van der Waals surface area contributed by atoms with Crippen molar-refractivity contribution in [1.29, 1.82) is 0 Å². The summed E-state index contributed by atoms with van der Waals surface area (Å²) in [6.07, 6.45) is 3.47. The van der Waals surface area contributed by atoms with Crippen LogP contribution in [0, 0.1) is 5.21 Å². The molecule has 0 fully saturated rings. The van der Waals surface area contributed by atoms with E-state index < -0.39 is 17.9 Å². The number of aliphatic carboxylic acids is 2. The van der Waals surface area contributed by atoms with Crippen LogP contribution in [0.25, 0.3) is 0 Å². The molecule has 0 saturated heterocycles. The number of aromatic nitrogens is 1. The SMILES string of the molecule is O=C(O)C1=CNC=C(C(=O)O)C1c1ccc[n+]([O-])c1Cl. The molecule has 0 spiro atoms. The van der Waals surface area contributed by atoms with Crippen molar-refractivity contribution in [3.05, 3.63) is 57.8 Å². The summed E-state index contributed by atoms with van der Waals surface area (Å²) in [5, 5.41) is 32.0. The van der Waals surface area contributed by atoms with Crippen LogP contribution in [0.2, 0.25) is 5.15 Å². The monoisotopic (exact) mass is 296 g/mol. The molecule has 20 heavy (non-hydrogen) atoms. The number of dihydropyridines is 1. The minimum Gasteiger partial charge on any atom is -0.618 e. The number of carboxylic acids is 2. The Morgan fingerprint density at radius 2 is 1.80 bits per heavy atom. The first kappa shape index (κ1) is 13.9. The summed E-state index contributed by atoms with van der Waals surface area (Å²) in [5.41, 5.74) is -0.302. The molecule has 104 valence electrons. The van der Waals surface area contributed by atoms with Gasteiger partial charge >= 0.3 is 11.9 Å². The zero-order valence-electron chi connectivity index (χ0n) is 9.91. The average Bonchev–Trinajstić information content (AvgIpc) is 2.41. The van der Waals surface area contributed by atoms with Crippen LogP contribution >= 0.6 is 11.6 Å². The second kappa shape index (κ2) is 5.22. The Balaban J connectivity index is 2.62. The molecule has 3 N–H and O–H groups in total. The van der Waals surface area contributed by atoms with Crippen LogP contribution in [-0.4, -0.2) is 22.2 Å². The van der Waals surface area contributed by atoms with E-state index in [-0.39, 0.29) is 21.9 Å². The van der Waals surface area contributed by atoms with Crippen LogP contribution in [0.1, 0.15) is 11.5 Å². The van der Waals surface area contributed by atoms with Gasteiger partial charge in [-0.15, -0.1) is 0 Å². The number of rotatable bonds is 3. The molecule has 1 aliphatic rings. The Morgan fingerprint density at radius 1 is 1.25 bits per heavy atom. The van der Waals surface area contributed by atoms with Crippen molar-refractivity contribution in [1.82, 2.24) is 5.32 Å². The van der Waals surface area contributed by atoms with Gasteiger partial charge in [0.05, 0.1) is 22.6 Å². The topological polar surface area (TPSA) is 114 Å². The van der Waals surface area contributed by atoms with E-state index in [1.54, 1.807) is 0 Å². The van der Waals surface area contributed by atoms with Crippen molar-refractivity contribution in [2.75, 3.05) is 0 Å². The van der Waals surface area contributed by atoms with Gasteiger partial charge in [-0.2, -0.15) is 4.73 Å². The largest absolute Gasteiger partial charge is 0.618 e. The second-order valence-electron chi connectivity index (χ2n) is 3.99. The fourth-order valence-electron chi connectivity index (χ4n) is 1.96. The molecule has 7 nitrogen and oxygen atoms in total. The molecule has 2 rings (SSSR count). The molecule has 0 unspecified atom stereocenters. The first-order valence-electron chi connectivity index (χ1n) is 5.43. The minimum absolute atomic E-state index is 0.118. The molecule has 0 aromatic carbocycles. The number of halogens is 1. The Kier molecular flexibility index (Phi) is 3.62. The highest BCUT2D eigenvalue weighted by Crippen LogP contribution is 2.36. The zero-order valence-corrected chi connectivity index (χ0v) is 10.7. The first-order chi connectivity index (χ1) is 9.43. The number of carboxylic acid groups (broad SMARTS) is 2. The third-order valence-corrected chi connectivity index (χ3v) is 3.22. The summed E-state index contributed by atoms with van der Waals surface area (Å²) in [4.78, 5) is 22.5. The van der Waals surface area contributed by atoms with Gasteiger partial charge in [-0.05, 0) is 17.7 Å². The van der Waals surface area contributed by atoms with E-state index in [4.69, 9.17) is 11.6 Å². The quantitative estimate of drug-likeness (QED) is 0.427. The molecule has 1 aliphatic heterocycles. The fourth-order valence-corrected chi connectivity index (χ4v) is 2.19. The predicted octanol–water partition coefficient (Wildman–Crippen LogP) is 0.597. The van der Waals surface area contributed by atoms with Gasteiger partial charge in [0.1, 0.15) is 0 Å². The maximum atomic E-state index is 11.5. The Bertz CT molecular complexity index is 623. The summed E-state index contributed by atoms with van der Waals surface area (Å²) >= 11 is 5.86. The first-order valence-corrected chi connectivity index (χ1v) is 5.81. The van der Waals surface area contributed by atoms with E-state index in [1.807, 2.05) is 0 Å². The van der Waals surface area contributed by atoms with E-state index in [9.17, 15) is 25.0 Å². The third kappa shape index (κ3) is 2.30. The van der Waals surface area contributed by atoms with Crippen LogP contribution in [0.4, 0.5) is 0 Å². The highest BCUT2D eigenvalue weighted by atomic mass is 35.5. The lowest BCUT2D eigenvalue weighted by Crippen LogP contribution is -2.31. The molecule has 1 aromatic heterocycles. The summed E-state index contributed by atoms with van der Waals surface area (Å²) in [5.74, 6) is -3.72. The number of nitrogens with one attached hydrogen (secondary N) is 1. The Labute approximate surface area is 118 Å². The van der Waals surface area contributed by atoms with Gasteiger partial charge in [-0.3, -0.25) is 0 Å². The molecule has 0 radical (unpaired) electrons. The average molecular weight is 297 g/mol. The van der Waals surface area contributed by atoms with Gasteiger partial charge < -0.3 is 20.7 Å². The third-order valence-electron chi connectivity index (χ3n) is 2.83. The van der Waals surface area contributed by atoms with Gasteiger partial charge in [-0.25, -0.2) is 9.59 Å². The fraction of sp³-hybridized carbons (Fsp3) is 0.0833. The lowest BCUT2D eigenvalue weighted by atomic mass is 9.84. The number of hydrogen-bond donors (Lipinski definition) is 3. The number of pyridine rings is 1. The molecule has 8 heteroatoms. The zero-order chi connectivity index (χ0) is 14.9. The molecular weight excluding hydrogens is 288 g/mol. The van der Waals surface area contributed by atoms with Crippen LogP contribution in [-0.2, 0) is 9.59 Å². The van der Waals surface area contributed by atoms with Gasteiger partial charge in [0, 0.05) is 18.5 Å². The lowest BCUT2D eigenvalue weighted by molar-refractivity contribution is -0.603. The standard InChI is InChI=1S/C12H9ClN2O5/c13-10-6(2-1-3-15(10)20)9-7(11(16)17)4-14-5-8(9)12(18)19/h1-5,9,14H,(H,16,17)(H,18,19).